The Bertz CT molecular complexity index is 564. The summed E-state index contributed by atoms with van der Waals surface area (Å²) in [6.45, 7) is 4.93. The third kappa shape index (κ3) is 3.84. The maximum Gasteiger partial charge on any atom is 0.228 e. The highest BCUT2D eigenvalue weighted by Gasteiger charge is 2.47. The summed E-state index contributed by atoms with van der Waals surface area (Å²) in [6.07, 6.45) is 4.08. The lowest BCUT2D eigenvalue weighted by molar-refractivity contribution is -0.125. The summed E-state index contributed by atoms with van der Waals surface area (Å²) in [6, 6.07) is 8.00. The van der Waals surface area contributed by atoms with Gasteiger partial charge in [-0.15, -0.1) is 0 Å². The molecule has 0 spiro atoms. The summed E-state index contributed by atoms with van der Waals surface area (Å²) < 4.78 is 0. The largest absolute Gasteiger partial charge is 0.372 e. The number of amides is 2. The van der Waals surface area contributed by atoms with Gasteiger partial charge in [-0.2, -0.15) is 0 Å². The fraction of sp³-hybridized carbons (Fsp3) is 0.556. The van der Waals surface area contributed by atoms with E-state index in [1.165, 1.54) is 18.5 Å². The first-order chi connectivity index (χ1) is 11.2. The number of rotatable bonds is 6. The van der Waals surface area contributed by atoms with Crippen molar-refractivity contribution in [3.05, 3.63) is 24.3 Å². The summed E-state index contributed by atoms with van der Waals surface area (Å²) >= 11 is 0. The van der Waals surface area contributed by atoms with Crippen LogP contribution in [0, 0.1) is 11.8 Å². The first-order valence-corrected chi connectivity index (χ1v) is 8.62. The Hall–Kier alpha value is -2.04. The minimum Gasteiger partial charge on any atom is -0.372 e. The molecule has 0 aromatic heterocycles. The van der Waals surface area contributed by atoms with Crippen LogP contribution in [0.3, 0.4) is 0 Å². The van der Waals surface area contributed by atoms with E-state index in [9.17, 15) is 9.59 Å². The summed E-state index contributed by atoms with van der Waals surface area (Å²) in [4.78, 5) is 26.4. The molecule has 2 N–H and O–H groups in total. The topological polar surface area (TPSA) is 61.4 Å². The van der Waals surface area contributed by atoms with Gasteiger partial charge in [-0.05, 0) is 49.9 Å². The molecule has 5 heteroatoms. The Kier molecular flexibility index (Phi) is 4.84. The van der Waals surface area contributed by atoms with E-state index < -0.39 is 0 Å². The first-order valence-electron chi connectivity index (χ1n) is 8.62. The predicted octanol–water partition coefficient (Wildman–Crippen LogP) is 2.39. The standard InChI is InChI=1S/C18H25N3O2/c1-2-9-19-17(22)15-12-16(15)18(23)20-13-5-7-14(8-6-13)21-10-3-4-11-21/h5-8,15-16H,2-4,9-12H2,1H3,(H,19,22)(H,20,23). The summed E-state index contributed by atoms with van der Waals surface area (Å²) in [5.41, 5.74) is 2.02. The van der Waals surface area contributed by atoms with Crippen molar-refractivity contribution in [2.24, 2.45) is 11.8 Å². The molecule has 1 saturated carbocycles. The number of benzene rings is 1. The maximum absolute atomic E-state index is 12.2. The van der Waals surface area contributed by atoms with Crippen LogP contribution in [0.4, 0.5) is 11.4 Å². The Morgan fingerprint density at radius 2 is 1.74 bits per heavy atom. The van der Waals surface area contributed by atoms with E-state index in [0.717, 1.165) is 25.2 Å². The van der Waals surface area contributed by atoms with Crippen LogP contribution in [0.2, 0.25) is 0 Å². The SMILES string of the molecule is CCCNC(=O)C1CC1C(=O)Nc1ccc(N2CCCC2)cc1. The first kappa shape index (κ1) is 15.8. The Morgan fingerprint density at radius 3 is 2.39 bits per heavy atom. The van der Waals surface area contributed by atoms with Crippen LogP contribution in [0.25, 0.3) is 0 Å². The van der Waals surface area contributed by atoms with E-state index >= 15 is 0 Å². The molecule has 1 aliphatic carbocycles. The molecule has 0 radical (unpaired) electrons. The van der Waals surface area contributed by atoms with Gasteiger partial charge in [-0.25, -0.2) is 0 Å². The van der Waals surface area contributed by atoms with Crippen LogP contribution in [-0.4, -0.2) is 31.4 Å². The highest BCUT2D eigenvalue weighted by Crippen LogP contribution is 2.39. The van der Waals surface area contributed by atoms with Gasteiger partial charge in [0.15, 0.2) is 0 Å². The summed E-state index contributed by atoms with van der Waals surface area (Å²) in [7, 11) is 0. The van der Waals surface area contributed by atoms with Crippen LogP contribution in [0.5, 0.6) is 0 Å². The van der Waals surface area contributed by atoms with Crippen molar-refractivity contribution in [2.75, 3.05) is 29.9 Å². The molecule has 0 bridgehead atoms. The Labute approximate surface area is 137 Å². The molecule has 1 aromatic rings. The lowest BCUT2D eigenvalue weighted by Gasteiger charge is -2.17. The quantitative estimate of drug-likeness (QED) is 0.847. The monoisotopic (exact) mass is 315 g/mol. The van der Waals surface area contributed by atoms with Crippen molar-refractivity contribution in [1.29, 1.82) is 0 Å². The number of carbonyl (C=O) groups is 2. The van der Waals surface area contributed by atoms with Crippen molar-refractivity contribution in [3.63, 3.8) is 0 Å². The number of nitrogens with zero attached hydrogens (tertiary/aromatic N) is 1. The number of anilines is 2. The van der Waals surface area contributed by atoms with Crippen molar-refractivity contribution in [2.45, 2.75) is 32.6 Å². The van der Waals surface area contributed by atoms with Crippen LogP contribution in [0.1, 0.15) is 32.6 Å². The van der Waals surface area contributed by atoms with Gasteiger partial charge in [0.05, 0.1) is 11.8 Å². The van der Waals surface area contributed by atoms with Gasteiger partial charge in [0.2, 0.25) is 11.8 Å². The molecular formula is C18H25N3O2. The Balaban J connectivity index is 1.49. The third-order valence-corrected chi connectivity index (χ3v) is 4.62. The van der Waals surface area contributed by atoms with E-state index in [1.807, 2.05) is 19.1 Å². The van der Waals surface area contributed by atoms with Gasteiger partial charge >= 0.3 is 0 Å². The molecule has 3 rings (SSSR count). The molecule has 23 heavy (non-hydrogen) atoms. The normalized spacial score (nSPS) is 22.7. The van der Waals surface area contributed by atoms with Crippen LogP contribution in [0.15, 0.2) is 24.3 Å². The second kappa shape index (κ2) is 7.02. The Morgan fingerprint density at radius 1 is 1.09 bits per heavy atom. The van der Waals surface area contributed by atoms with E-state index in [-0.39, 0.29) is 23.7 Å². The van der Waals surface area contributed by atoms with E-state index in [2.05, 4.69) is 27.7 Å². The van der Waals surface area contributed by atoms with Gasteiger partial charge in [-0.3, -0.25) is 9.59 Å². The van der Waals surface area contributed by atoms with Crippen molar-refractivity contribution in [1.82, 2.24) is 5.32 Å². The van der Waals surface area contributed by atoms with Gasteiger partial charge in [0.1, 0.15) is 0 Å². The lowest BCUT2D eigenvalue weighted by atomic mass is 10.2. The number of hydrogen-bond acceptors (Lipinski definition) is 3. The lowest BCUT2D eigenvalue weighted by Crippen LogP contribution is -2.28. The maximum atomic E-state index is 12.2. The van der Waals surface area contributed by atoms with Gasteiger partial charge in [0.25, 0.3) is 0 Å². The molecule has 2 unspecified atom stereocenters. The highest BCUT2D eigenvalue weighted by atomic mass is 16.2. The van der Waals surface area contributed by atoms with Crippen LogP contribution >= 0.6 is 0 Å². The average molecular weight is 315 g/mol. The molecule has 1 aliphatic heterocycles. The smallest absolute Gasteiger partial charge is 0.228 e. The minimum atomic E-state index is -0.176. The molecule has 1 heterocycles. The fourth-order valence-electron chi connectivity index (χ4n) is 3.12. The fourth-order valence-corrected chi connectivity index (χ4v) is 3.12. The highest BCUT2D eigenvalue weighted by molar-refractivity contribution is 5.99. The molecule has 124 valence electrons. The molecule has 5 nitrogen and oxygen atoms in total. The third-order valence-electron chi connectivity index (χ3n) is 4.62. The molecule has 1 aromatic carbocycles. The number of nitrogens with one attached hydrogen (secondary N) is 2. The second-order valence-electron chi connectivity index (χ2n) is 6.47. The molecular weight excluding hydrogens is 290 g/mol. The van der Waals surface area contributed by atoms with Gasteiger partial charge in [-0.1, -0.05) is 6.92 Å². The molecule has 2 fully saturated rings. The number of hydrogen-bond donors (Lipinski definition) is 2. The zero-order chi connectivity index (χ0) is 16.2. The predicted molar refractivity (Wildman–Crippen MR) is 91.4 cm³/mol. The molecule has 1 saturated heterocycles. The summed E-state index contributed by atoms with van der Waals surface area (Å²) in [5, 5.41) is 5.78. The average Bonchev–Trinajstić information content (AvgIpc) is 3.19. The van der Waals surface area contributed by atoms with Crippen LogP contribution < -0.4 is 15.5 Å². The van der Waals surface area contributed by atoms with Crippen LogP contribution in [-0.2, 0) is 9.59 Å². The molecule has 2 atom stereocenters. The van der Waals surface area contributed by atoms with E-state index in [4.69, 9.17) is 0 Å². The van der Waals surface area contributed by atoms with Gasteiger partial charge in [0, 0.05) is 31.0 Å². The minimum absolute atomic E-state index is 0.0105. The molecule has 2 amide bonds. The van der Waals surface area contributed by atoms with Crippen molar-refractivity contribution in [3.8, 4) is 0 Å². The second-order valence-corrected chi connectivity index (χ2v) is 6.47. The van der Waals surface area contributed by atoms with Crippen molar-refractivity contribution >= 4 is 23.2 Å². The zero-order valence-corrected chi connectivity index (χ0v) is 13.7. The number of carbonyl (C=O) groups excluding carboxylic acids is 2. The zero-order valence-electron chi connectivity index (χ0n) is 13.7. The van der Waals surface area contributed by atoms with E-state index in [0.29, 0.717) is 13.0 Å². The van der Waals surface area contributed by atoms with Crippen molar-refractivity contribution < 1.29 is 9.59 Å². The molecule has 2 aliphatic rings. The van der Waals surface area contributed by atoms with E-state index in [1.54, 1.807) is 0 Å². The van der Waals surface area contributed by atoms with Gasteiger partial charge < -0.3 is 15.5 Å². The summed E-state index contributed by atoms with van der Waals surface area (Å²) in [5.74, 6) is -0.359.